The van der Waals surface area contributed by atoms with E-state index in [0.717, 1.165) is 24.8 Å². The molecule has 1 aliphatic rings. The van der Waals surface area contributed by atoms with Gasteiger partial charge in [-0.15, -0.1) is 0 Å². The van der Waals surface area contributed by atoms with Gasteiger partial charge in [0.2, 0.25) is 0 Å². The molecular formula is C15H23NO3. The summed E-state index contributed by atoms with van der Waals surface area (Å²) < 4.78 is 5.37. The van der Waals surface area contributed by atoms with E-state index in [4.69, 9.17) is 9.52 Å². The average Bonchev–Trinajstić information content (AvgIpc) is 2.90. The Labute approximate surface area is 114 Å². The Hall–Kier alpha value is -1.29. The molecule has 106 valence electrons. The second-order valence-electron chi connectivity index (χ2n) is 5.46. The van der Waals surface area contributed by atoms with Gasteiger partial charge in [-0.3, -0.25) is 9.69 Å². The Morgan fingerprint density at radius 1 is 1.37 bits per heavy atom. The van der Waals surface area contributed by atoms with Gasteiger partial charge >= 0.3 is 5.97 Å². The summed E-state index contributed by atoms with van der Waals surface area (Å²) in [5, 5.41) is 8.84. The van der Waals surface area contributed by atoms with Crippen LogP contribution in [0.15, 0.2) is 22.8 Å². The van der Waals surface area contributed by atoms with Crippen molar-refractivity contribution >= 4 is 5.97 Å². The van der Waals surface area contributed by atoms with E-state index >= 15 is 0 Å². The molecule has 19 heavy (non-hydrogen) atoms. The van der Waals surface area contributed by atoms with Gasteiger partial charge in [0.1, 0.15) is 5.76 Å². The molecule has 1 aromatic heterocycles. The largest absolute Gasteiger partial charge is 0.481 e. The van der Waals surface area contributed by atoms with Crippen LogP contribution in [-0.4, -0.2) is 29.1 Å². The lowest BCUT2D eigenvalue weighted by Crippen LogP contribution is -2.32. The Kier molecular flexibility index (Phi) is 5.45. The number of carboxylic acid groups (broad SMARTS) is 1. The quantitative estimate of drug-likeness (QED) is 0.823. The number of nitrogens with zero attached hydrogens (tertiary/aromatic N) is 1. The Morgan fingerprint density at radius 2 is 2.16 bits per heavy atom. The minimum atomic E-state index is -0.729. The molecule has 0 spiro atoms. The molecule has 0 aromatic carbocycles. The zero-order valence-electron chi connectivity index (χ0n) is 11.4. The molecule has 0 saturated heterocycles. The summed E-state index contributed by atoms with van der Waals surface area (Å²) in [5.41, 5.74) is 0. The highest BCUT2D eigenvalue weighted by molar-refractivity contribution is 5.66. The third kappa shape index (κ3) is 5.07. The first-order chi connectivity index (χ1) is 9.24. The minimum absolute atomic E-state index is 0.202. The number of carboxylic acids is 1. The fraction of sp³-hybridized carbons (Fsp3) is 0.667. The van der Waals surface area contributed by atoms with Crippen LogP contribution in [-0.2, 0) is 11.3 Å². The predicted molar refractivity (Wildman–Crippen MR) is 72.8 cm³/mol. The summed E-state index contributed by atoms with van der Waals surface area (Å²) in [7, 11) is 0. The number of hydrogen-bond acceptors (Lipinski definition) is 3. The zero-order chi connectivity index (χ0) is 13.5. The van der Waals surface area contributed by atoms with Gasteiger partial charge in [0.25, 0.3) is 0 Å². The van der Waals surface area contributed by atoms with E-state index in [2.05, 4.69) is 4.90 Å². The molecule has 1 heterocycles. The summed E-state index contributed by atoms with van der Waals surface area (Å²) in [6.07, 6.45) is 8.42. The van der Waals surface area contributed by atoms with Crippen molar-refractivity contribution in [2.24, 2.45) is 5.92 Å². The fourth-order valence-electron chi connectivity index (χ4n) is 2.85. The topological polar surface area (TPSA) is 53.7 Å². The van der Waals surface area contributed by atoms with Gasteiger partial charge in [0.15, 0.2) is 0 Å². The summed E-state index contributed by atoms with van der Waals surface area (Å²) in [5.74, 6) is 0.909. The van der Waals surface area contributed by atoms with E-state index < -0.39 is 5.97 Å². The van der Waals surface area contributed by atoms with Gasteiger partial charge in [0.05, 0.1) is 19.2 Å². The third-order valence-electron chi connectivity index (χ3n) is 3.84. The van der Waals surface area contributed by atoms with Crippen LogP contribution >= 0.6 is 0 Å². The molecule has 0 atom stereocenters. The van der Waals surface area contributed by atoms with Gasteiger partial charge in [-0.05, 0) is 30.9 Å². The SMILES string of the molecule is O=C(O)CCN(Cc1ccco1)CC1CCCCC1. The number of rotatable bonds is 7. The van der Waals surface area contributed by atoms with Crippen molar-refractivity contribution in [1.82, 2.24) is 4.90 Å². The van der Waals surface area contributed by atoms with Crippen molar-refractivity contribution in [2.75, 3.05) is 13.1 Å². The Bertz CT molecular complexity index is 369. The van der Waals surface area contributed by atoms with Gasteiger partial charge in [-0.25, -0.2) is 0 Å². The van der Waals surface area contributed by atoms with E-state index in [0.29, 0.717) is 6.54 Å². The van der Waals surface area contributed by atoms with Crippen LogP contribution in [0.4, 0.5) is 0 Å². The molecule has 0 amide bonds. The highest BCUT2D eigenvalue weighted by Gasteiger charge is 2.18. The molecule has 1 aliphatic carbocycles. The standard InChI is InChI=1S/C15H23NO3/c17-15(18)8-9-16(12-14-7-4-10-19-14)11-13-5-2-1-3-6-13/h4,7,10,13H,1-3,5-6,8-9,11-12H2,(H,17,18). The highest BCUT2D eigenvalue weighted by atomic mass is 16.4. The first-order valence-electron chi connectivity index (χ1n) is 7.20. The molecule has 1 saturated carbocycles. The number of carbonyl (C=O) groups is 1. The van der Waals surface area contributed by atoms with Crippen molar-refractivity contribution < 1.29 is 14.3 Å². The maximum absolute atomic E-state index is 10.7. The summed E-state index contributed by atoms with van der Waals surface area (Å²) in [6, 6.07) is 3.83. The van der Waals surface area contributed by atoms with Gasteiger partial charge in [0, 0.05) is 13.1 Å². The van der Waals surface area contributed by atoms with Crippen molar-refractivity contribution in [3.05, 3.63) is 24.2 Å². The second-order valence-corrected chi connectivity index (χ2v) is 5.46. The lowest BCUT2D eigenvalue weighted by molar-refractivity contribution is -0.137. The van der Waals surface area contributed by atoms with Crippen molar-refractivity contribution in [1.29, 1.82) is 0 Å². The zero-order valence-corrected chi connectivity index (χ0v) is 11.4. The summed E-state index contributed by atoms with van der Waals surface area (Å²) >= 11 is 0. The molecule has 2 rings (SSSR count). The fourth-order valence-corrected chi connectivity index (χ4v) is 2.85. The first kappa shape index (κ1) is 14.1. The minimum Gasteiger partial charge on any atom is -0.481 e. The van der Waals surface area contributed by atoms with Crippen molar-refractivity contribution in [2.45, 2.75) is 45.1 Å². The monoisotopic (exact) mass is 265 g/mol. The van der Waals surface area contributed by atoms with E-state index in [1.807, 2.05) is 12.1 Å². The lowest BCUT2D eigenvalue weighted by atomic mass is 9.89. The van der Waals surface area contributed by atoms with Gasteiger partial charge < -0.3 is 9.52 Å². The Balaban J connectivity index is 1.86. The smallest absolute Gasteiger partial charge is 0.304 e. The Morgan fingerprint density at radius 3 is 2.79 bits per heavy atom. The van der Waals surface area contributed by atoms with Gasteiger partial charge in [-0.2, -0.15) is 0 Å². The van der Waals surface area contributed by atoms with Crippen LogP contribution in [0.5, 0.6) is 0 Å². The molecule has 1 aromatic rings. The van der Waals surface area contributed by atoms with E-state index in [1.165, 1.54) is 32.1 Å². The maximum Gasteiger partial charge on any atom is 0.304 e. The van der Waals surface area contributed by atoms with Gasteiger partial charge in [-0.1, -0.05) is 19.3 Å². The number of furan rings is 1. The van der Waals surface area contributed by atoms with Crippen LogP contribution in [0.25, 0.3) is 0 Å². The first-order valence-corrected chi connectivity index (χ1v) is 7.20. The summed E-state index contributed by atoms with van der Waals surface area (Å²) in [4.78, 5) is 13.0. The molecule has 1 fully saturated rings. The predicted octanol–water partition coefficient (Wildman–Crippen LogP) is 3.14. The van der Waals surface area contributed by atoms with Crippen LogP contribution < -0.4 is 0 Å². The number of aliphatic carboxylic acids is 1. The highest BCUT2D eigenvalue weighted by Crippen LogP contribution is 2.25. The van der Waals surface area contributed by atoms with E-state index in [1.54, 1.807) is 6.26 Å². The van der Waals surface area contributed by atoms with Crippen molar-refractivity contribution in [3.63, 3.8) is 0 Å². The molecule has 0 unspecified atom stereocenters. The molecule has 4 heteroatoms. The molecular weight excluding hydrogens is 242 g/mol. The number of hydrogen-bond donors (Lipinski definition) is 1. The van der Waals surface area contributed by atoms with Crippen LogP contribution in [0.3, 0.4) is 0 Å². The normalized spacial score (nSPS) is 16.9. The molecule has 4 nitrogen and oxygen atoms in total. The maximum atomic E-state index is 10.7. The van der Waals surface area contributed by atoms with E-state index in [-0.39, 0.29) is 6.42 Å². The molecule has 0 radical (unpaired) electrons. The molecule has 0 bridgehead atoms. The lowest BCUT2D eigenvalue weighted by Gasteiger charge is -2.28. The van der Waals surface area contributed by atoms with Crippen LogP contribution in [0.1, 0.15) is 44.3 Å². The van der Waals surface area contributed by atoms with Crippen LogP contribution in [0, 0.1) is 5.92 Å². The van der Waals surface area contributed by atoms with Crippen molar-refractivity contribution in [3.8, 4) is 0 Å². The van der Waals surface area contributed by atoms with E-state index in [9.17, 15) is 4.79 Å². The summed E-state index contributed by atoms with van der Waals surface area (Å²) in [6.45, 7) is 2.32. The third-order valence-corrected chi connectivity index (χ3v) is 3.84. The van der Waals surface area contributed by atoms with Crippen LogP contribution in [0.2, 0.25) is 0 Å². The average molecular weight is 265 g/mol. The second kappa shape index (κ2) is 7.34. The molecule has 0 aliphatic heterocycles. The molecule has 1 N–H and O–H groups in total.